The highest BCUT2D eigenvalue weighted by molar-refractivity contribution is 5.77. The van der Waals surface area contributed by atoms with Gasteiger partial charge in [-0.2, -0.15) is 0 Å². The third-order valence-corrected chi connectivity index (χ3v) is 3.49. The van der Waals surface area contributed by atoms with Crippen molar-refractivity contribution in [1.29, 1.82) is 0 Å². The number of carbonyl (C=O) groups excluding carboxylic acids is 1. The smallest absolute Gasteiger partial charge is 0.329 e. The van der Waals surface area contributed by atoms with Gasteiger partial charge < -0.3 is 14.9 Å². The molecule has 1 aliphatic heterocycles. The molecule has 1 aromatic carbocycles. The van der Waals surface area contributed by atoms with Gasteiger partial charge in [-0.3, -0.25) is 4.57 Å². The first-order valence-corrected chi connectivity index (χ1v) is 6.55. The molecular formula is C14H16N4O2. The van der Waals surface area contributed by atoms with Crippen LogP contribution in [0.15, 0.2) is 43.0 Å². The number of anilines is 1. The van der Waals surface area contributed by atoms with Crippen LogP contribution in [0.4, 0.5) is 10.5 Å². The minimum absolute atomic E-state index is 0.0344. The highest BCUT2D eigenvalue weighted by Gasteiger charge is 2.22. The van der Waals surface area contributed by atoms with Crippen molar-refractivity contribution in [3.63, 3.8) is 0 Å². The maximum Gasteiger partial charge on any atom is 0.329 e. The first kappa shape index (κ1) is 12.5. The summed E-state index contributed by atoms with van der Waals surface area (Å²) < 4.78 is 1.50. The fourth-order valence-electron chi connectivity index (χ4n) is 2.35. The van der Waals surface area contributed by atoms with Gasteiger partial charge in [0.2, 0.25) is 0 Å². The van der Waals surface area contributed by atoms with Crippen LogP contribution in [0.5, 0.6) is 5.75 Å². The molecule has 0 atom stereocenters. The fraction of sp³-hybridized carbons (Fsp3) is 0.286. The lowest BCUT2D eigenvalue weighted by Crippen LogP contribution is -2.49. The van der Waals surface area contributed by atoms with Crippen LogP contribution in [0.1, 0.15) is 0 Å². The van der Waals surface area contributed by atoms with Gasteiger partial charge in [0, 0.05) is 44.3 Å². The Bertz CT molecular complexity index is 572. The molecule has 1 fully saturated rings. The van der Waals surface area contributed by atoms with Crippen LogP contribution in [0.3, 0.4) is 0 Å². The molecular weight excluding hydrogens is 256 g/mol. The minimum atomic E-state index is -0.0344. The predicted molar refractivity (Wildman–Crippen MR) is 74.9 cm³/mol. The van der Waals surface area contributed by atoms with Crippen LogP contribution >= 0.6 is 0 Å². The van der Waals surface area contributed by atoms with Crippen molar-refractivity contribution < 1.29 is 9.90 Å². The average molecular weight is 272 g/mol. The Kier molecular flexibility index (Phi) is 3.28. The second-order valence-electron chi connectivity index (χ2n) is 4.74. The second-order valence-corrected chi connectivity index (χ2v) is 4.74. The van der Waals surface area contributed by atoms with E-state index in [0.717, 1.165) is 18.8 Å². The molecule has 2 aromatic rings. The maximum atomic E-state index is 12.1. The zero-order valence-electron chi connectivity index (χ0n) is 11.0. The van der Waals surface area contributed by atoms with E-state index in [9.17, 15) is 9.90 Å². The molecule has 0 radical (unpaired) electrons. The Morgan fingerprint density at radius 2 is 1.80 bits per heavy atom. The summed E-state index contributed by atoms with van der Waals surface area (Å²) in [7, 11) is 0. The van der Waals surface area contributed by atoms with Crippen LogP contribution in [-0.2, 0) is 0 Å². The van der Waals surface area contributed by atoms with Gasteiger partial charge in [0.05, 0.1) is 0 Å². The lowest BCUT2D eigenvalue weighted by molar-refractivity contribution is 0.196. The van der Waals surface area contributed by atoms with Gasteiger partial charge in [-0.05, 0) is 24.3 Å². The van der Waals surface area contributed by atoms with Gasteiger partial charge in [0.1, 0.15) is 12.1 Å². The summed E-state index contributed by atoms with van der Waals surface area (Å²) in [6.45, 7) is 2.92. The number of phenolic OH excluding ortho intramolecular Hbond substituents is 1. The minimum Gasteiger partial charge on any atom is -0.508 e. The van der Waals surface area contributed by atoms with Crippen molar-refractivity contribution in [1.82, 2.24) is 14.5 Å². The summed E-state index contributed by atoms with van der Waals surface area (Å²) in [5.41, 5.74) is 1.07. The third-order valence-electron chi connectivity index (χ3n) is 3.49. The maximum absolute atomic E-state index is 12.1. The van der Waals surface area contributed by atoms with E-state index in [0.29, 0.717) is 13.1 Å². The largest absolute Gasteiger partial charge is 0.508 e. The molecule has 1 aromatic heterocycles. The number of phenols is 1. The predicted octanol–water partition coefficient (Wildman–Crippen LogP) is 1.38. The van der Waals surface area contributed by atoms with Crippen molar-refractivity contribution >= 4 is 11.7 Å². The summed E-state index contributed by atoms with van der Waals surface area (Å²) in [5, 5.41) is 9.30. The van der Waals surface area contributed by atoms with Crippen molar-refractivity contribution in [3.05, 3.63) is 43.0 Å². The van der Waals surface area contributed by atoms with E-state index in [1.165, 1.54) is 10.9 Å². The van der Waals surface area contributed by atoms with Crippen molar-refractivity contribution in [3.8, 4) is 5.75 Å². The first-order valence-electron chi connectivity index (χ1n) is 6.55. The van der Waals surface area contributed by atoms with E-state index in [2.05, 4.69) is 9.88 Å². The van der Waals surface area contributed by atoms with E-state index in [1.807, 2.05) is 17.0 Å². The molecule has 1 aliphatic rings. The summed E-state index contributed by atoms with van der Waals surface area (Å²) in [4.78, 5) is 20.1. The normalized spacial score (nSPS) is 15.4. The summed E-state index contributed by atoms with van der Waals surface area (Å²) >= 11 is 0. The standard InChI is InChI=1S/C14H16N4O2/c19-13-3-1-12(2-4-13)16-7-9-17(10-8-16)14(20)18-6-5-15-11-18/h1-6,11,19H,7-10H2. The number of carbonyl (C=O) groups is 1. The molecule has 0 spiro atoms. The van der Waals surface area contributed by atoms with Gasteiger partial charge in [-0.1, -0.05) is 0 Å². The van der Waals surface area contributed by atoms with Gasteiger partial charge >= 0.3 is 6.03 Å². The number of amides is 1. The second kappa shape index (κ2) is 5.24. The molecule has 6 heteroatoms. The number of nitrogens with zero attached hydrogens (tertiary/aromatic N) is 4. The van der Waals surface area contributed by atoms with Crippen molar-refractivity contribution in [2.24, 2.45) is 0 Å². The van der Waals surface area contributed by atoms with E-state index in [4.69, 9.17) is 0 Å². The van der Waals surface area contributed by atoms with Gasteiger partial charge in [-0.25, -0.2) is 9.78 Å². The topological polar surface area (TPSA) is 61.6 Å². The molecule has 20 heavy (non-hydrogen) atoms. The number of rotatable bonds is 1. The monoisotopic (exact) mass is 272 g/mol. The number of hydrogen-bond acceptors (Lipinski definition) is 4. The number of benzene rings is 1. The number of aromatic hydroxyl groups is 1. The summed E-state index contributed by atoms with van der Waals surface area (Å²) in [6, 6.07) is 7.11. The van der Waals surface area contributed by atoms with Crippen LogP contribution in [0, 0.1) is 0 Å². The average Bonchev–Trinajstić information content (AvgIpc) is 3.02. The van der Waals surface area contributed by atoms with Crippen molar-refractivity contribution in [2.75, 3.05) is 31.1 Å². The number of imidazole rings is 1. The quantitative estimate of drug-likeness (QED) is 0.852. The van der Waals surface area contributed by atoms with Crippen LogP contribution in [-0.4, -0.2) is 51.8 Å². The van der Waals surface area contributed by atoms with Crippen LogP contribution < -0.4 is 4.90 Å². The molecule has 1 amide bonds. The van der Waals surface area contributed by atoms with E-state index < -0.39 is 0 Å². The van der Waals surface area contributed by atoms with E-state index >= 15 is 0 Å². The Morgan fingerprint density at radius 3 is 2.40 bits per heavy atom. The number of aromatic nitrogens is 2. The zero-order valence-corrected chi connectivity index (χ0v) is 11.0. The van der Waals surface area contributed by atoms with Gasteiger partial charge in [0.15, 0.2) is 0 Å². The molecule has 0 bridgehead atoms. The molecule has 1 saturated heterocycles. The molecule has 6 nitrogen and oxygen atoms in total. The molecule has 1 N–H and O–H groups in total. The van der Waals surface area contributed by atoms with E-state index in [-0.39, 0.29) is 11.8 Å². The molecule has 104 valence electrons. The molecule has 2 heterocycles. The van der Waals surface area contributed by atoms with Crippen LogP contribution in [0.2, 0.25) is 0 Å². The fourth-order valence-corrected chi connectivity index (χ4v) is 2.35. The Balaban J connectivity index is 1.62. The third kappa shape index (κ3) is 2.45. The number of piperazine rings is 1. The SMILES string of the molecule is O=C(N1CCN(c2ccc(O)cc2)CC1)n1ccnc1. The highest BCUT2D eigenvalue weighted by atomic mass is 16.3. The lowest BCUT2D eigenvalue weighted by atomic mass is 10.2. The molecule has 0 saturated carbocycles. The van der Waals surface area contributed by atoms with E-state index in [1.54, 1.807) is 24.5 Å². The number of hydrogen-bond donors (Lipinski definition) is 1. The summed E-state index contributed by atoms with van der Waals surface area (Å²) in [6.07, 6.45) is 4.79. The van der Waals surface area contributed by atoms with Gasteiger partial charge in [-0.15, -0.1) is 0 Å². The first-order chi connectivity index (χ1) is 9.74. The van der Waals surface area contributed by atoms with Gasteiger partial charge in [0.25, 0.3) is 0 Å². The summed E-state index contributed by atoms with van der Waals surface area (Å²) in [5.74, 6) is 0.266. The molecule has 0 aliphatic carbocycles. The molecule has 0 unspecified atom stereocenters. The van der Waals surface area contributed by atoms with Crippen LogP contribution in [0.25, 0.3) is 0 Å². The Hall–Kier alpha value is -2.50. The highest BCUT2D eigenvalue weighted by Crippen LogP contribution is 2.19. The Morgan fingerprint density at radius 1 is 1.10 bits per heavy atom. The molecule has 3 rings (SSSR count). The Labute approximate surface area is 116 Å². The zero-order chi connectivity index (χ0) is 13.9. The lowest BCUT2D eigenvalue weighted by Gasteiger charge is -2.35. The van der Waals surface area contributed by atoms with Crippen molar-refractivity contribution in [2.45, 2.75) is 0 Å².